The van der Waals surface area contributed by atoms with Gasteiger partial charge >= 0.3 is 0 Å². The molecule has 2 aromatic heterocycles. The van der Waals surface area contributed by atoms with Crippen molar-refractivity contribution in [2.75, 3.05) is 17.2 Å². The first-order valence-electron chi connectivity index (χ1n) is 6.74. The molecule has 0 saturated heterocycles. The number of aromatic nitrogens is 4. The van der Waals surface area contributed by atoms with Gasteiger partial charge in [-0.2, -0.15) is 15.1 Å². The SMILES string of the molecule is CCNc1nc(Nc2ccc(F)c(F)c2)nc2c1cnn2C. The monoisotopic (exact) mass is 304 g/mol. The summed E-state index contributed by atoms with van der Waals surface area (Å²) in [5.74, 6) is -0.927. The summed E-state index contributed by atoms with van der Waals surface area (Å²) in [5.41, 5.74) is 0.999. The number of aryl methyl sites for hydroxylation is 1. The van der Waals surface area contributed by atoms with E-state index in [0.29, 0.717) is 23.7 Å². The van der Waals surface area contributed by atoms with Gasteiger partial charge in [-0.05, 0) is 19.1 Å². The van der Waals surface area contributed by atoms with E-state index >= 15 is 0 Å². The zero-order chi connectivity index (χ0) is 15.7. The summed E-state index contributed by atoms with van der Waals surface area (Å²) in [4.78, 5) is 8.70. The highest BCUT2D eigenvalue weighted by Crippen LogP contribution is 2.23. The van der Waals surface area contributed by atoms with Crippen LogP contribution in [0.15, 0.2) is 24.4 Å². The van der Waals surface area contributed by atoms with Gasteiger partial charge in [0, 0.05) is 25.3 Å². The maximum atomic E-state index is 13.3. The largest absolute Gasteiger partial charge is 0.370 e. The van der Waals surface area contributed by atoms with E-state index in [1.807, 2.05) is 6.92 Å². The molecule has 1 aromatic carbocycles. The summed E-state index contributed by atoms with van der Waals surface area (Å²) in [6, 6.07) is 3.52. The van der Waals surface area contributed by atoms with Crippen LogP contribution in [0.4, 0.5) is 26.2 Å². The summed E-state index contributed by atoms with van der Waals surface area (Å²) in [6.07, 6.45) is 1.68. The number of nitrogens with zero attached hydrogens (tertiary/aromatic N) is 4. The molecule has 114 valence electrons. The lowest BCUT2D eigenvalue weighted by molar-refractivity contribution is 0.509. The van der Waals surface area contributed by atoms with Crippen LogP contribution in [0, 0.1) is 11.6 Å². The van der Waals surface area contributed by atoms with Gasteiger partial charge in [0.05, 0.1) is 11.6 Å². The minimum Gasteiger partial charge on any atom is -0.370 e. The molecule has 3 aromatic rings. The molecule has 0 unspecified atom stereocenters. The maximum absolute atomic E-state index is 13.3. The second kappa shape index (κ2) is 5.55. The van der Waals surface area contributed by atoms with Gasteiger partial charge in [-0.25, -0.2) is 8.78 Å². The van der Waals surface area contributed by atoms with Crippen molar-refractivity contribution in [3.05, 3.63) is 36.0 Å². The Kier molecular flexibility index (Phi) is 3.58. The number of halogens is 2. The third-order valence-electron chi connectivity index (χ3n) is 3.11. The van der Waals surface area contributed by atoms with E-state index in [2.05, 4.69) is 25.7 Å². The van der Waals surface area contributed by atoms with Crippen LogP contribution in [0.3, 0.4) is 0 Å². The summed E-state index contributed by atoms with van der Waals surface area (Å²) < 4.78 is 27.9. The smallest absolute Gasteiger partial charge is 0.231 e. The molecular formula is C14H14F2N6. The number of nitrogens with one attached hydrogen (secondary N) is 2. The van der Waals surface area contributed by atoms with Gasteiger partial charge in [0.2, 0.25) is 5.95 Å². The molecule has 0 fully saturated rings. The Morgan fingerprint density at radius 2 is 2.00 bits per heavy atom. The summed E-state index contributed by atoms with van der Waals surface area (Å²) in [7, 11) is 1.77. The van der Waals surface area contributed by atoms with E-state index < -0.39 is 11.6 Å². The Morgan fingerprint density at radius 3 is 2.73 bits per heavy atom. The number of fused-ring (bicyclic) bond motifs is 1. The quantitative estimate of drug-likeness (QED) is 0.776. The molecule has 0 aliphatic rings. The van der Waals surface area contributed by atoms with Gasteiger partial charge in [-0.15, -0.1) is 0 Å². The van der Waals surface area contributed by atoms with E-state index in [9.17, 15) is 8.78 Å². The molecule has 0 spiro atoms. The van der Waals surface area contributed by atoms with Gasteiger partial charge in [-0.1, -0.05) is 0 Å². The van der Waals surface area contributed by atoms with Crippen molar-refractivity contribution in [2.45, 2.75) is 6.92 Å². The van der Waals surface area contributed by atoms with Crippen molar-refractivity contribution >= 4 is 28.5 Å². The van der Waals surface area contributed by atoms with E-state index in [4.69, 9.17) is 0 Å². The summed E-state index contributed by atoms with van der Waals surface area (Å²) in [6.45, 7) is 2.64. The molecule has 2 heterocycles. The average molecular weight is 304 g/mol. The van der Waals surface area contributed by atoms with Crippen molar-refractivity contribution < 1.29 is 8.78 Å². The molecule has 22 heavy (non-hydrogen) atoms. The number of benzene rings is 1. The molecule has 3 rings (SSSR count). The minimum absolute atomic E-state index is 0.276. The van der Waals surface area contributed by atoms with Crippen molar-refractivity contribution in [3.63, 3.8) is 0 Å². The Hall–Kier alpha value is -2.77. The van der Waals surface area contributed by atoms with E-state index in [1.165, 1.54) is 6.07 Å². The van der Waals surface area contributed by atoms with Crippen molar-refractivity contribution in [3.8, 4) is 0 Å². The second-order valence-electron chi connectivity index (χ2n) is 4.69. The normalized spacial score (nSPS) is 10.9. The first kappa shape index (κ1) is 14.2. The first-order chi connectivity index (χ1) is 10.6. The van der Waals surface area contributed by atoms with Gasteiger partial charge in [0.15, 0.2) is 17.3 Å². The molecule has 6 nitrogen and oxygen atoms in total. The highest BCUT2D eigenvalue weighted by atomic mass is 19.2. The van der Waals surface area contributed by atoms with Gasteiger partial charge in [-0.3, -0.25) is 4.68 Å². The van der Waals surface area contributed by atoms with Crippen molar-refractivity contribution in [1.29, 1.82) is 0 Å². The molecule has 0 aliphatic heterocycles. The lowest BCUT2D eigenvalue weighted by atomic mass is 10.3. The lowest BCUT2D eigenvalue weighted by Gasteiger charge is -2.09. The number of rotatable bonds is 4. The molecule has 0 atom stereocenters. The van der Waals surface area contributed by atoms with Gasteiger partial charge in [0.1, 0.15) is 5.82 Å². The molecule has 0 saturated carbocycles. The minimum atomic E-state index is -0.932. The van der Waals surface area contributed by atoms with Gasteiger partial charge in [0.25, 0.3) is 0 Å². The summed E-state index contributed by atoms with van der Waals surface area (Å²) >= 11 is 0. The Bertz CT molecular complexity index is 830. The van der Waals surface area contributed by atoms with Crippen molar-refractivity contribution in [1.82, 2.24) is 19.7 Å². The zero-order valence-electron chi connectivity index (χ0n) is 12.1. The first-order valence-corrected chi connectivity index (χ1v) is 6.74. The van der Waals surface area contributed by atoms with E-state index in [1.54, 1.807) is 17.9 Å². The van der Waals surface area contributed by atoms with Crippen LogP contribution in [0.25, 0.3) is 11.0 Å². The Morgan fingerprint density at radius 1 is 1.18 bits per heavy atom. The molecule has 0 radical (unpaired) electrons. The molecule has 8 heteroatoms. The fourth-order valence-electron chi connectivity index (χ4n) is 2.08. The molecule has 2 N–H and O–H groups in total. The number of anilines is 3. The zero-order valence-corrected chi connectivity index (χ0v) is 12.1. The maximum Gasteiger partial charge on any atom is 0.231 e. The predicted molar refractivity (Wildman–Crippen MR) is 80.1 cm³/mol. The van der Waals surface area contributed by atoms with Crippen LogP contribution in [0.1, 0.15) is 6.92 Å². The Balaban J connectivity index is 2.02. The third-order valence-corrected chi connectivity index (χ3v) is 3.11. The topological polar surface area (TPSA) is 67.7 Å². The third kappa shape index (κ3) is 2.54. The van der Waals surface area contributed by atoms with Crippen LogP contribution < -0.4 is 10.6 Å². The predicted octanol–water partition coefficient (Wildman–Crippen LogP) is 2.82. The Labute approximate surface area is 125 Å². The highest BCUT2D eigenvalue weighted by Gasteiger charge is 2.12. The molecule has 0 bridgehead atoms. The molecular weight excluding hydrogens is 290 g/mol. The van der Waals surface area contributed by atoms with Crippen LogP contribution in [-0.2, 0) is 7.05 Å². The molecule has 0 aliphatic carbocycles. The number of hydrogen-bond donors (Lipinski definition) is 2. The standard InChI is InChI=1S/C14H14F2N6/c1-3-17-12-9-7-18-22(2)13(9)21-14(20-12)19-8-4-5-10(15)11(16)6-8/h4-7H,3H2,1-2H3,(H2,17,19,20,21). The second-order valence-corrected chi connectivity index (χ2v) is 4.69. The highest BCUT2D eigenvalue weighted by molar-refractivity contribution is 5.87. The molecule has 0 amide bonds. The van der Waals surface area contributed by atoms with Crippen LogP contribution in [-0.4, -0.2) is 26.3 Å². The number of hydrogen-bond acceptors (Lipinski definition) is 5. The van der Waals surface area contributed by atoms with Gasteiger partial charge < -0.3 is 10.6 Å². The van der Waals surface area contributed by atoms with E-state index in [0.717, 1.165) is 17.5 Å². The fourth-order valence-corrected chi connectivity index (χ4v) is 2.08. The van der Waals surface area contributed by atoms with Crippen LogP contribution >= 0.6 is 0 Å². The fraction of sp³-hybridized carbons (Fsp3) is 0.214. The van der Waals surface area contributed by atoms with Crippen molar-refractivity contribution in [2.24, 2.45) is 7.05 Å². The van der Waals surface area contributed by atoms with Crippen LogP contribution in [0.5, 0.6) is 0 Å². The van der Waals surface area contributed by atoms with Crippen LogP contribution in [0.2, 0.25) is 0 Å². The lowest BCUT2D eigenvalue weighted by Crippen LogP contribution is -2.05. The average Bonchev–Trinajstić information content (AvgIpc) is 2.85. The van der Waals surface area contributed by atoms with E-state index in [-0.39, 0.29) is 5.95 Å². The summed E-state index contributed by atoms with van der Waals surface area (Å²) in [5, 5.41) is 10.9.